The molecule has 1 heterocycles. The van der Waals surface area contributed by atoms with Gasteiger partial charge in [-0.2, -0.15) is 13.2 Å². The Morgan fingerprint density at radius 3 is 2.28 bits per heavy atom. The van der Waals surface area contributed by atoms with Crippen LogP contribution in [0.2, 0.25) is 0 Å². The summed E-state index contributed by atoms with van der Waals surface area (Å²) in [7, 11) is 0. The molecule has 0 aliphatic rings. The minimum absolute atomic E-state index is 0.0162. The zero-order valence-electron chi connectivity index (χ0n) is 8.87. The lowest BCUT2D eigenvalue weighted by Gasteiger charge is -2.09. The minimum atomic E-state index is -4.63. The van der Waals surface area contributed by atoms with E-state index >= 15 is 0 Å². The van der Waals surface area contributed by atoms with E-state index in [2.05, 4.69) is 9.97 Å². The normalized spacial score (nSPS) is 11.6. The highest BCUT2D eigenvalue weighted by Crippen LogP contribution is 2.33. The highest BCUT2D eigenvalue weighted by molar-refractivity contribution is 5.70. The molecule has 0 aliphatic heterocycles. The molecule has 94 valence electrons. The van der Waals surface area contributed by atoms with Gasteiger partial charge in [0.2, 0.25) is 0 Å². The number of nitrogens with two attached hydrogens (primary N) is 1. The second kappa shape index (κ2) is 4.25. The Kier molecular flexibility index (Phi) is 2.90. The number of hydrogen-bond acceptors (Lipinski definition) is 3. The Morgan fingerprint density at radius 1 is 1.00 bits per heavy atom. The Bertz CT molecular complexity index is 581. The molecule has 2 aromatic rings. The van der Waals surface area contributed by atoms with Gasteiger partial charge >= 0.3 is 6.18 Å². The van der Waals surface area contributed by atoms with Crippen molar-refractivity contribution in [3.63, 3.8) is 0 Å². The number of nitrogens with zero attached hydrogens (tertiary/aromatic N) is 2. The fourth-order valence-corrected chi connectivity index (χ4v) is 1.46. The van der Waals surface area contributed by atoms with Crippen LogP contribution in [-0.4, -0.2) is 9.97 Å². The number of nitrogen functional groups attached to an aromatic ring is 1. The predicted octanol–water partition coefficient (Wildman–Crippen LogP) is 2.88. The standard InChI is InChI=1S/C11H7F4N3/c12-8-4-6(3-7(5-8)11(13,14)15)9-10(16)18-2-1-17-9/h1-5H,(H2,16,18). The van der Waals surface area contributed by atoms with Gasteiger partial charge in [-0.15, -0.1) is 0 Å². The van der Waals surface area contributed by atoms with Crippen LogP contribution >= 0.6 is 0 Å². The Morgan fingerprint density at radius 2 is 1.67 bits per heavy atom. The van der Waals surface area contributed by atoms with Gasteiger partial charge in [0.25, 0.3) is 0 Å². The van der Waals surface area contributed by atoms with Crippen LogP contribution in [0, 0.1) is 5.82 Å². The molecule has 3 nitrogen and oxygen atoms in total. The fourth-order valence-electron chi connectivity index (χ4n) is 1.46. The van der Waals surface area contributed by atoms with Crippen molar-refractivity contribution in [1.82, 2.24) is 9.97 Å². The SMILES string of the molecule is Nc1nccnc1-c1cc(F)cc(C(F)(F)F)c1. The van der Waals surface area contributed by atoms with Gasteiger partial charge in [0, 0.05) is 18.0 Å². The van der Waals surface area contributed by atoms with Gasteiger partial charge in [0.15, 0.2) is 0 Å². The van der Waals surface area contributed by atoms with Crippen molar-refractivity contribution in [2.24, 2.45) is 0 Å². The summed E-state index contributed by atoms with van der Waals surface area (Å²) in [5, 5.41) is 0. The summed E-state index contributed by atoms with van der Waals surface area (Å²) in [6, 6.07) is 2.12. The van der Waals surface area contributed by atoms with E-state index in [4.69, 9.17) is 5.73 Å². The highest BCUT2D eigenvalue weighted by Gasteiger charge is 2.31. The molecule has 0 saturated carbocycles. The number of anilines is 1. The van der Waals surface area contributed by atoms with E-state index in [1.165, 1.54) is 12.4 Å². The molecule has 1 aromatic carbocycles. The first kappa shape index (κ1) is 12.3. The number of rotatable bonds is 1. The molecule has 0 saturated heterocycles. The summed E-state index contributed by atoms with van der Waals surface area (Å²) in [6.45, 7) is 0. The van der Waals surface area contributed by atoms with Crippen molar-refractivity contribution >= 4 is 5.82 Å². The van der Waals surface area contributed by atoms with Gasteiger partial charge in [-0.25, -0.2) is 9.37 Å². The van der Waals surface area contributed by atoms with E-state index in [1.54, 1.807) is 0 Å². The Labute approximate surface area is 99.3 Å². The van der Waals surface area contributed by atoms with Gasteiger partial charge in [0.05, 0.1) is 5.56 Å². The van der Waals surface area contributed by atoms with Crippen molar-refractivity contribution in [3.8, 4) is 11.3 Å². The van der Waals surface area contributed by atoms with Gasteiger partial charge in [-0.3, -0.25) is 4.98 Å². The maximum absolute atomic E-state index is 13.2. The zero-order valence-corrected chi connectivity index (χ0v) is 8.87. The van der Waals surface area contributed by atoms with Crippen molar-refractivity contribution in [1.29, 1.82) is 0 Å². The Hall–Kier alpha value is -2.18. The fraction of sp³-hybridized carbons (Fsp3) is 0.0909. The van der Waals surface area contributed by atoms with Crippen LogP contribution in [0.4, 0.5) is 23.4 Å². The molecule has 2 N–H and O–H groups in total. The molecular formula is C11H7F4N3. The molecule has 0 fully saturated rings. The highest BCUT2D eigenvalue weighted by atomic mass is 19.4. The minimum Gasteiger partial charge on any atom is -0.382 e. The van der Waals surface area contributed by atoms with Crippen LogP contribution < -0.4 is 5.73 Å². The summed E-state index contributed by atoms with van der Waals surface area (Å²) < 4.78 is 50.8. The lowest BCUT2D eigenvalue weighted by molar-refractivity contribution is -0.137. The van der Waals surface area contributed by atoms with Crippen LogP contribution in [0.15, 0.2) is 30.6 Å². The summed E-state index contributed by atoms with van der Waals surface area (Å²) in [5.74, 6) is -1.07. The average molecular weight is 257 g/mol. The van der Waals surface area contributed by atoms with Crippen molar-refractivity contribution in [2.45, 2.75) is 6.18 Å². The van der Waals surface area contributed by atoms with E-state index in [1.807, 2.05) is 0 Å². The van der Waals surface area contributed by atoms with E-state index in [0.29, 0.717) is 6.07 Å². The number of halogens is 4. The first-order valence-electron chi connectivity index (χ1n) is 4.82. The van der Waals surface area contributed by atoms with Crippen LogP contribution in [0.25, 0.3) is 11.3 Å². The quantitative estimate of drug-likeness (QED) is 0.799. The van der Waals surface area contributed by atoms with Crippen LogP contribution in [-0.2, 0) is 6.18 Å². The monoisotopic (exact) mass is 257 g/mol. The van der Waals surface area contributed by atoms with E-state index in [9.17, 15) is 17.6 Å². The van der Waals surface area contributed by atoms with E-state index < -0.39 is 17.6 Å². The topological polar surface area (TPSA) is 51.8 Å². The molecule has 0 radical (unpaired) electrons. The third-order valence-electron chi connectivity index (χ3n) is 2.23. The predicted molar refractivity (Wildman–Crippen MR) is 56.8 cm³/mol. The van der Waals surface area contributed by atoms with Crippen LogP contribution in [0.5, 0.6) is 0 Å². The molecule has 0 amide bonds. The molecule has 0 atom stereocenters. The molecule has 0 aliphatic carbocycles. The van der Waals surface area contributed by atoms with Crippen molar-refractivity contribution < 1.29 is 17.6 Å². The van der Waals surface area contributed by atoms with Gasteiger partial charge < -0.3 is 5.73 Å². The molecule has 18 heavy (non-hydrogen) atoms. The molecule has 0 unspecified atom stereocenters. The second-order valence-electron chi connectivity index (χ2n) is 3.52. The van der Waals surface area contributed by atoms with Crippen LogP contribution in [0.1, 0.15) is 5.56 Å². The maximum Gasteiger partial charge on any atom is 0.416 e. The van der Waals surface area contributed by atoms with Crippen molar-refractivity contribution in [2.75, 3.05) is 5.73 Å². The first-order chi connectivity index (χ1) is 8.38. The Balaban J connectivity index is 2.60. The summed E-state index contributed by atoms with van der Waals surface area (Å²) in [6.07, 6.45) is -2.07. The smallest absolute Gasteiger partial charge is 0.382 e. The molecular weight excluding hydrogens is 250 g/mol. The van der Waals surface area contributed by atoms with Gasteiger partial charge in [0.1, 0.15) is 17.3 Å². The lowest BCUT2D eigenvalue weighted by Crippen LogP contribution is -2.06. The van der Waals surface area contributed by atoms with E-state index in [-0.39, 0.29) is 17.1 Å². The largest absolute Gasteiger partial charge is 0.416 e. The first-order valence-corrected chi connectivity index (χ1v) is 4.82. The zero-order chi connectivity index (χ0) is 13.3. The lowest BCUT2D eigenvalue weighted by atomic mass is 10.1. The molecule has 7 heteroatoms. The number of aromatic nitrogens is 2. The van der Waals surface area contributed by atoms with Gasteiger partial charge in [-0.05, 0) is 18.2 Å². The number of benzene rings is 1. The van der Waals surface area contributed by atoms with Crippen molar-refractivity contribution in [3.05, 3.63) is 42.0 Å². The number of hydrogen-bond donors (Lipinski definition) is 1. The van der Waals surface area contributed by atoms with E-state index in [0.717, 1.165) is 12.1 Å². The van der Waals surface area contributed by atoms with Crippen LogP contribution in [0.3, 0.4) is 0 Å². The molecule has 0 spiro atoms. The summed E-state index contributed by atoms with van der Waals surface area (Å²) >= 11 is 0. The molecule has 1 aromatic heterocycles. The van der Waals surface area contributed by atoms with Gasteiger partial charge in [-0.1, -0.05) is 0 Å². The molecule has 0 bridgehead atoms. The number of alkyl halides is 3. The summed E-state index contributed by atoms with van der Waals surface area (Å²) in [5.41, 5.74) is 4.34. The maximum atomic E-state index is 13.2. The average Bonchev–Trinajstić information content (AvgIpc) is 2.27. The second-order valence-corrected chi connectivity index (χ2v) is 3.52. The third kappa shape index (κ3) is 2.39. The molecule has 2 rings (SSSR count). The third-order valence-corrected chi connectivity index (χ3v) is 2.23. The summed E-state index contributed by atoms with van der Waals surface area (Å²) in [4.78, 5) is 7.48.